The van der Waals surface area contributed by atoms with Crippen LogP contribution in [0.5, 0.6) is 11.5 Å². The van der Waals surface area contributed by atoms with Crippen molar-refractivity contribution < 1.29 is 14.3 Å². The fourth-order valence-corrected chi connectivity index (χ4v) is 4.33. The van der Waals surface area contributed by atoms with Crippen molar-refractivity contribution in [3.8, 4) is 11.5 Å². The van der Waals surface area contributed by atoms with E-state index in [0.717, 1.165) is 10.1 Å². The van der Waals surface area contributed by atoms with Crippen molar-refractivity contribution in [3.05, 3.63) is 60.2 Å². The van der Waals surface area contributed by atoms with Crippen LogP contribution in [0.2, 0.25) is 0 Å². The van der Waals surface area contributed by atoms with Gasteiger partial charge >= 0.3 is 0 Å². The van der Waals surface area contributed by atoms with Gasteiger partial charge in [0, 0.05) is 5.75 Å². The number of anilines is 1. The number of thioether (sulfide) groups is 1. The van der Waals surface area contributed by atoms with Crippen LogP contribution in [-0.2, 0) is 10.5 Å². The lowest BCUT2D eigenvalue weighted by Gasteiger charge is -2.30. The van der Waals surface area contributed by atoms with Crippen LogP contribution in [0.4, 0.5) is 5.13 Å². The van der Waals surface area contributed by atoms with E-state index in [1.165, 1.54) is 16.9 Å². The van der Waals surface area contributed by atoms with Crippen LogP contribution in [0.15, 0.2) is 58.9 Å². The Morgan fingerprint density at radius 2 is 1.78 bits per heavy atom. The third-order valence-electron chi connectivity index (χ3n) is 3.94. The number of rotatable bonds is 5. The van der Waals surface area contributed by atoms with Crippen LogP contribution >= 0.6 is 23.1 Å². The highest BCUT2D eigenvalue weighted by molar-refractivity contribution is 8.00. The first kappa shape index (κ1) is 17.8. The van der Waals surface area contributed by atoms with Crippen LogP contribution < -0.4 is 14.8 Å². The van der Waals surface area contributed by atoms with Crippen molar-refractivity contribution in [1.29, 1.82) is 0 Å². The van der Waals surface area contributed by atoms with Gasteiger partial charge in [-0.15, -0.1) is 10.2 Å². The highest BCUT2D eigenvalue weighted by atomic mass is 32.2. The van der Waals surface area contributed by atoms with E-state index in [1.54, 1.807) is 24.8 Å². The Hall–Kier alpha value is -2.58. The molecule has 2 atom stereocenters. The molecule has 6 nitrogen and oxygen atoms in total. The second-order valence-corrected chi connectivity index (χ2v) is 8.14. The highest BCUT2D eigenvalue weighted by Gasteiger charge is 2.34. The number of hydrogen-bond acceptors (Lipinski definition) is 7. The molecule has 3 aromatic rings. The molecule has 1 N–H and O–H groups in total. The predicted molar refractivity (Wildman–Crippen MR) is 105 cm³/mol. The SMILES string of the molecule is CC1Oc2ccccc2OC1C(=O)Nc1nnc(SCc2ccccc2)s1. The summed E-state index contributed by atoms with van der Waals surface area (Å²) in [6.45, 7) is 1.81. The van der Waals surface area contributed by atoms with E-state index in [4.69, 9.17) is 9.47 Å². The minimum atomic E-state index is -0.746. The van der Waals surface area contributed by atoms with Gasteiger partial charge in [-0.3, -0.25) is 10.1 Å². The molecule has 0 aliphatic carbocycles. The molecule has 0 spiro atoms. The summed E-state index contributed by atoms with van der Waals surface area (Å²) < 4.78 is 12.4. The van der Waals surface area contributed by atoms with Crippen molar-refractivity contribution in [1.82, 2.24) is 10.2 Å². The molecule has 0 fully saturated rings. The average Bonchev–Trinajstić information content (AvgIpc) is 3.14. The van der Waals surface area contributed by atoms with E-state index in [-0.39, 0.29) is 5.91 Å². The van der Waals surface area contributed by atoms with E-state index < -0.39 is 12.2 Å². The molecule has 8 heteroatoms. The number of para-hydroxylation sites is 2. The van der Waals surface area contributed by atoms with Gasteiger partial charge < -0.3 is 9.47 Å². The Kier molecular flexibility index (Phi) is 5.26. The summed E-state index contributed by atoms with van der Waals surface area (Å²) in [5, 5.41) is 11.4. The maximum atomic E-state index is 12.6. The van der Waals surface area contributed by atoms with Gasteiger partial charge in [-0.1, -0.05) is 65.6 Å². The minimum absolute atomic E-state index is 0.298. The molecule has 0 saturated heterocycles. The molecule has 0 bridgehead atoms. The van der Waals surface area contributed by atoms with Gasteiger partial charge in [0.05, 0.1) is 0 Å². The molecule has 1 amide bonds. The Balaban J connectivity index is 1.37. The quantitative estimate of drug-likeness (QED) is 0.516. The zero-order valence-corrected chi connectivity index (χ0v) is 16.1. The number of nitrogens with zero attached hydrogens (tertiary/aromatic N) is 2. The van der Waals surface area contributed by atoms with Gasteiger partial charge in [-0.25, -0.2) is 0 Å². The van der Waals surface area contributed by atoms with E-state index in [2.05, 4.69) is 27.6 Å². The predicted octanol–water partition coefficient (Wildman–Crippen LogP) is 4.00. The molecule has 0 radical (unpaired) electrons. The first-order valence-electron chi connectivity index (χ1n) is 8.42. The molecular formula is C19H17N3O3S2. The fourth-order valence-electron chi connectivity index (χ4n) is 2.62. The molecule has 2 aromatic carbocycles. The second-order valence-electron chi connectivity index (χ2n) is 5.94. The number of benzene rings is 2. The van der Waals surface area contributed by atoms with Gasteiger partial charge in [0.25, 0.3) is 5.91 Å². The zero-order chi connectivity index (χ0) is 18.6. The van der Waals surface area contributed by atoms with Crippen molar-refractivity contribution >= 4 is 34.1 Å². The summed E-state index contributed by atoms with van der Waals surface area (Å²) in [5.74, 6) is 1.71. The number of aromatic nitrogens is 2. The summed E-state index contributed by atoms with van der Waals surface area (Å²) in [7, 11) is 0. The van der Waals surface area contributed by atoms with Crippen LogP contribution in [0, 0.1) is 0 Å². The second kappa shape index (κ2) is 7.98. The molecule has 4 rings (SSSR count). The normalized spacial score (nSPS) is 18.1. The molecule has 1 aromatic heterocycles. The van der Waals surface area contributed by atoms with Gasteiger partial charge in [0.15, 0.2) is 15.8 Å². The molecule has 138 valence electrons. The van der Waals surface area contributed by atoms with E-state index >= 15 is 0 Å². The number of carbonyl (C=O) groups excluding carboxylic acids is 1. The van der Waals surface area contributed by atoms with E-state index in [9.17, 15) is 4.79 Å². The van der Waals surface area contributed by atoms with Crippen molar-refractivity contribution in [2.45, 2.75) is 29.2 Å². The van der Waals surface area contributed by atoms with Crippen LogP contribution in [-0.4, -0.2) is 28.3 Å². The lowest BCUT2D eigenvalue weighted by atomic mass is 10.1. The first-order chi connectivity index (χ1) is 13.2. The third kappa shape index (κ3) is 4.23. The monoisotopic (exact) mass is 399 g/mol. The van der Waals surface area contributed by atoms with Crippen molar-refractivity contribution in [3.63, 3.8) is 0 Å². The molecular weight excluding hydrogens is 382 g/mol. The number of hydrogen-bond donors (Lipinski definition) is 1. The van der Waals surface area contributed by atoms with E-state index in [0.29, 0.717) is 16.6 Å². The lowest BCUT2D eigenvalue weighted by Crippen LogP contribution is -2.46. The van der Waals surface area contributed by atoms with Gasteiger partial charge in [0.1, 0.15) is 6.10 Å². The molecule has 2 heterocycles. The fraction of sp³-hybridized carbons (Fsp3) is 0.211. The number of nitrogens with one attached hydrogen (secondary N) is 1. The lowest BCUT2D eigenvalue weighted by molar-refractivity contribution is -0.128. The molecule has 27 heavy (non-hydrogen) atoms. The molecule has 0 saturated carbocycles. The zero-order valence-electron chi connectivity index (χ0n) is 14.5. The van der Waals surface area contributed by atoms with Crippen LogP contribution in [0.1, 0.15) is 12.5 Å². The maximum absolute atomic E-state index is 12.6. The average molecular weight is 399 g/mol. The van der Waals surface area contributed by atoms with E-state index in [1.807, 2.05) is 36.4 Å². The number of fused-ring (bicyclic) bond motifs is 1. The third-order valence-corrected chi connectivity index (χ3v) is 5.99. The van der Waals surface area contributed by atoms with Gasteiger partial charge in [-0.05, 0) is 24.6 Å². The summed E-state index contributed by atoms with van der Waals surface area (Å²) >= 11 is 2.93. The standard InChI is InChI=1S/C19H17N3O3S2/c1-12-16(25-15-10-6-5-9-14(15)24-12)17(23)20-18-21-22-19(27-18)26-11-13-7-3-2-4-8-13/h2-10,12,16H,11H2,1H3,(H,20,21,23). The summed E-state index contributed by atoms with van der Waals surface area (Å²) in [4.78, 5) is 12.6. The van der Waals surface area contributed by atoms with Gasteiger partial charge in [0.2, 0.25) is 11.2 Å². The topological polar surface area (TPSA) is 73.3 Å². The molecule has 2 unspecified atom stereocenters. The molecule has 1 aliphatic rings. The Labute approximate surface area is 164 Å². The first-order valence-corrected chi connectivity index (χ1v) is 10.2. The van der Waals surface area contributed by atoms with Gasteiger partial charge in [-0.2, -0.15) is 0 Å². The Morgan fingerprint density at radius 1 is 1.07 bits per heavy atom. The maximum Gasteiger partial charge on any atom is 0.271 e. The summed E-state index contributed by atoms with van der Waals surface area (Å²) in [5.41, 5.74) is 1.21. The Bertz CT molecular complexity index is 933. The van der Waals surface area contributed by atoms with Crippen LogP contribution in [0.25, 0.3) is 0 Å². The summed E-state index contributed by atoms with van der Waals surface area (Å²) in [6, 6.07) is 17.4. The molecule has 1 aliphatic heterocycles. The minimum Gasteiger partial charge on any atom is -0.482 e. The summed E-state index contributed by atoms with van der Waals surface area (Å²) in [6.07, 6.45) is -1.15. The number of ether oxygens (including phenoxy) is 2. The van der Waals surface area contributed by atoms with Crippen molar-refractivity contribution in [2.75, 3.05) is 5.32 Å². The highest BCUT2D eigenvalue weighted by Crippen LogP contribution is 2.34. The largest absolute Gasteiger partial charge is 0.482 e. The van der Waals surface area contributed by atoms with Crippen LogP contribution in [0.3, 0.4) is 0 Å². The smallest absolute Gasteiger partial charge is 0.271 e. The Morgan fingerprint density at radius 3 is 2.56 bits per heavy atom. The number of amides is 1. The van der Waals surface area contributed by atoms with Crippen molar-refractivity contribution in [2.24, 2.45) is 0 Å². The number of carbonyl (C=O) groups is 1.